The van der Waals surface area contributed by atoms with Gasteiger partial charge in [-0.2, -0.15) is 0 Å². The highest BCUT2D eigenvalue weighted by Crippen LogP contribution is 2.31. The molecule has 8 nitrogen and oxygen atoms in total. The van der Waals surface area contributed by atoms with Crippen LogP contribution in [-0.2, 0) is 20.8 Å². The van der Waals surface area contributed by atoms with Crippen LogP contribution >= 0.6 is 0 Å². The van der Waals surface area contributed by atoms with E-state index in [9.17, 15) is 19.5 Å². The van der Waals surface area contributed by atoms with E-state index in [4.69, 9.17) is 15.2 Å². The lowest BCUT2D eigenvalue weighted by atomic mass is 10.0. The minimum absolute atomic E-state index is 0.112. The van der Waals surface area contributed by atoms with Crippen molar-refractivity contribution in [3.63, 3.8) is 0 Å². The van der Waals surface area contributed by atoms with E-state index in [0.29, 0.717) is 5.56 Å². The Balaban J connectivity index is 2.18. The van der Waals surface area contributed by atoms with Crippen LogP contribution in [0.15, 0.2) is 48.5 Å². The summed E-state index contributed by atoms with van der Waals surface area (Å²) in [7, 11) is 1.40. The Hall–Kier alpha value is -3.55. The number of methoxy groups -OCH3 is 1. The number of nitrogens with one attached hydrogen (secondary N) is 1. The van der Waals surface area contributed by atoms with E-state index in [0.717, 1.165) is 5.56 Å². The number of carboxylic acid groups (broad SMARTS) is 1. The Morgan fingerprint density at radius 1 is 1.11 bits per heavy atom. The Bertz CT molecular complexity index is 838. The van der Waals surface area contributed by atoms with Crippen LogP contribution in [0.3, 0.4) is 0 Å². The topological polar surface area (TPSA) is 131 Å². The number of amides is 2. The summed E-state index contributed by atoms with van der Waals surface area (Å²) in [5.74, 6) is -1.73. The third kappa shape index (κ3) is 6.31. The van der Waals surface area contributed by atoms with Gasteiger partial charge < -0.3 is 30.4 Å². The maximum Gasteiger partial charge on any atom is 0.255 e. The van der Waals surface area contributed by atoms with Crippen LogP contribution in [0.4, 0.5) is 0 Å². The van der Waals surface area contributed by atoms with E-state index >= 15 is 0 Å². The van der Waals surface area contributed by atoms with Gasteiger partial charge >= 0.3 is 0 Å². The summed E-state index contributed by atoms with van der Waals surface area (Å²) in [6.07, 6.45) is -0.299. The molecule has 2 amide bonds. The van der Waals surface area contributed by atoms with Crippen LogP contribution in [0.1, 0.15) is 23.6 Å². The molecule has 0 radical (unpaired) electrons. The van der Waals surface area contributed by atoms with E-state index in [2.05, 4.69) is 5.32 Å². The van der Waals surface area contributed by atoms with Gasteiger partial charge in [0.25, 0.3) is 5.91 Å². The van der Waals surface area contributed by atoms with Gasteiger partial charge in [-0.3, -0.25) is 9.59 Å². The zero-order chi connectivity index (χ0) is 20.5. The summed E-state index contributed by atoms with van der Waals surface area (Å²) >= 11 is 0. The SMILES string of the molecule is COc1cc([C@H](CC(=O)[O-])NC(=O)Cc2ccccc2)ccc1OCC(N)=O. The second-order valence-corrected chi connectivity index (χ2v) is 6.02. The van der Waals surface area contributed by atoms with Gasteiger partial charge in [0.05, 0.1) is 19.6 Å². The molecular weight excluding hydrogens is 364 g/mol. The zero-order valence-corrected chi connectivity index (χ0v) is 15.3. The lowest BCUT2D eigenvalue weighted by Crippen LogP contribution is -2.35. The Morgan fingerprint density at radius 3 is 2.43 bits per heavy atom. The number of carboxylic acids is 1. The number of hydrogen-bond donors (Lipinski definition) is 2. The molecule has 8 heteroatoms. The molecule has 2 aromatic rings. The van der Waals surface area contributed by atoms with Gasteiger partial charge in [0.1, 0.15) is 0 Å². The predicted molar refractivity (Wildman–Crippen MR) is 98.3 cm³/mol. The zero-order valence-electron chi connectivity index (χ0n) is 15.3. The van der Waals surface area contributed by atoms with Crippen LogP contribution in [0, 0.1) is 0 Å². The van der Waals surface area contributed by atoms with Gasteiger partial charge in [0.15, 0.2) is 18.1 Å². The van der Waals surface area contributed by atoms with E-state index in [-0.39, 0.29) is 30.4 Å². The van der Waals surface area contributed by atoms with Crippen LogP contribution in [0.2, 0.25) is 0 Å². The second kappa shape index (κ2) is 9.96. The van der Waals surface area contributed by atoms with Crippen molar-refractivity contribution in [1.29, 1.82) is 0 Å². The smallest absolute Gasteiger partial charge is 0.255 e. The first-order valence-corrected chi connectivity index (χ1v) is 8.51. The van der Waals surface area contributed by atoms with Crippen molar-refractivity contribution in [2.45, 2.75) is 18.9 Å². The number of carbonyl (C=O) groups excluding carboxylic acids is 3. The molecule has 3 N–H and O–H groups in total. The van der Waals surface area contributed by atoms with E-state index in [1.807, 2.05) is 18.2 Å². The maximum absolute atomic E-state index is 12.3. The van der Waals surface area contributed by atoms with Gasteiger partial charge in [-0.25, -0.2) is 0 Å². The molecule has 0 bridgehead atoms. The monoisotopic (exact) mass is 385 g/mol. The van der Waals surface area contributed by atoms with E-state index in [1.54, 1.807) is 18.2 Å². The summed E-state index contributed by atoms with van der Waals surface area (Å²) in [5.41, 5.74) is 6.36. The van der Waals surface area contributed by atoms with Crippen molar-refractivity contribution in [1.82, 2.24) is 5.32 Å². The fraction of sp³-hybridized carbons (Fsp3) is 0.250. The first-order valence-electron chi connectivity index (χ1n) is 8.51. The fourth-order valence-corrected chi connectivity index (χ4v) is 2.61. The number of primary amides is 1. The predicted octanol–water partition coefficient (Wildman–Crippen LogP) is 0.0993. The fourth-order valence-electron chi connectivity index (χ4n) is 2.61. The van der Waals surface area contributed by atoms with Crippen LogP contribution in [0.25, 0.3) is 0 Å². The van der Waals surface area contributed by atoms with Gasteiger partial charge in [-0.1, -0.05) is 36.4 Å². The van der Waals surface area contributed by atoms with Crippen molar-refractivity contribution in [2.75, 3.05) is 13.7 Å². The molecule has 0 saturated carbocycles. The van der Waals surface area contributed by atoms with Gasteiger partial charge in [-0.05, 0) is 23.3 Å². The molecule has 0 aliphatic rings. The first-order chi connectivity index (χ1) is 13.4. The third-order valence-electron chi connectivity index (χ3n) is 3.87. The standard InChI is InChI=1S/C20H22N2O6/c1-27-17-10-14(7-8-16(17)28-12-18(21)23)15(11-20(25)26)22-19(24)9-13-5-3-2-4-6-13/h2-8,10,15H,9,11-12H2,1H3,(H2,21,23)(H,22,24)(H,25,26)/p-1/t15-/m0/s1. The van der Waals surface area contributed by atoms with Crippen LogP contribution in [0.5, 0.6) is 11.5 Å². The molecule has 2 aromatic carbocycles. The molecule has 0 saturated heterocycles. The molecule has 148 valence electrons. The Morgan fingerprint density at radius 2 is 1.82 bits per heavy atom. The number of rotatable bonds is 10. The lowest BCUT2D eigenvalue weighted by molar-refractivity contribution is -0.306. The lowest BCUT2D eigenvalue weighted by Gasteiger charge is -2.21. The molecule has 2 rings (SSSR count). The van der Waals surface area contributed by atoms with Crippen molar-refractivity contribution >= 4 is 17.8 Å². The molecular formula is C20H21N2O6-. The highest BCUT2D eigenvalue weighted by Gasteiger charge is 2.18. The number of carbonyl (C=O) groups is 3. The largest absolute Gasteiger partial charge is 0.550 e. The highest BCUT2D eigenvalue weighted by atomic mass is 16.5. The summed E-state index contributed by atoms with van der Waals surface area (Å²) in [6, 6.07) is 12.9. The van der Waals surface area contributed by atoms with Crippen LogP contribution < -0.4 is 25.6 Å². The third-order valence-corrected chi connectivity index (χ3v) is 3.87. The number of ether oxygens (including phenoxy) is 2. The van der Waals surface area contributed by atoms with Gasteiger partial charge in [-0.15, -0.1) is 0 Å². The van der Waals surface area contributed by atoms with Crippen molar-refractivity contribution in [3.8, 4) is 11.5 Å². The van der Waals surface area contributed by atoms with Gasteiger partial charge in [0, 0.05) is 12.4 Å². The maximum atomic E-state index is 12.3. The Kier molecular flexibility index (Phi) is 7.38. The average Bonchev–Trinajstić information content (AvgIpc) is 2.66. The van der Waals surface area contributed by atoms with Crippen molar-refractivity contribution in [3.05, 3.63) is 59.7 Å². The van der Waals surface area contributed by atoms with Crippen molar-refractivity contribution < 1.29 is 29.0 Å². The van der Waals surface area contributed by atoms with E-state index < -0.39 is 24.3 Å². The molecule has 0 heterocycles. The minimum Gasteiger partial charge on any atom is -0.550 e. The Labute approximate surface area is 162 Å². The van der Waals surface area contributed by atoms with Crippen molar-refractivity contribution in [2.24, 2.45) is 5.73 Å². The van der Waals surface area contributed by atoms with Crippen LogP contribution in [-0.4, -0.2) is 31.5 Å². The molecule has 0 unspecified atom stereocenters. The molecule has 1 atom stereocenters. The normalized spacial score (nSPS) is 11.3. The number of aliphatic carboxylic acids is 1. The summed E-state index contributed by atoms with van der Waals surface area (Å²) in [6.45, 7) is -0.327. The molecule has 0 aliphatic heterocycles. The minimum atomic E-state index is -1.31. The number of hydrogen-bond acceptors (Lipinski definition) is 6. The summed E-state index contributed by atoms with van der Waals surface area (Å²) < 4.78 is 10.5. The summed E-state index contributed by atoms with van der Waals surface area (Å²) in [4.78, 5) is 34.4. The molecule has 28 heavy (non-hydrogen) atoms. The first kappa shape index (κ1) is 20.8. The molecule has 0 fully saturated rings. The quantitative estimate of drug-likeness (QED) is 0.596. The number of benzene rings is 2. The number of nitrogens with two attached hydrogens (primary N) is 1. The van der Waals surface area contributed by atoms with Gasteiger partial charge in [0.2, 0.25) is 5.91 Å². The molecule has 0 spiro atoms. The molecule has 0 aromatic heterocycles. The summed E-state index contributed by atoms with van der Waals surface area (Å²) in [5, 5.41) is 13.9. The molecule has 0 aliphatic carbocycles. The van der Waals surface area contributed by atoms with E-state index in [1.165, 1.54) is 19.2 Å². The average molecular weight is 385 g/mol. The second-order valence-electron chi connectivity index (χ2n) is 6.02. The highest BCUT2D eigenvalue weighted by molar-refractivity contribution is 5.80.